The van der Waals surface area contributed by atoms with Crippen molar-refractivity contribution in [2.24, 2.45) is 7.05 Å². The van der Waals surface area contributed by atoms with Crippen LogP contribution in [0, 0.1) is 24.0 Å². The number of aryl methyl sites for hydroxylation is 3. The van der Waals surface area contributed by atoms with Crippen LogP contribution in [0.5, 0.6) is 0 Å². The summed E-state index contributed by atoms with van der Waals surface area (Å²) in [7, 11) is 1.68. The third kappa shape index (κ3) is 2.58. The predicted octanol–water partition coefficient (Wildman–Crippen LogP) is 2.57. The van der Waals surface area contributed by atoms with Gasteiger partial charge in [-0.1, -0.05) is 0 Å². The van der Waals surface area contributed by atoms with E-state index in [9.17, 15) is 10.1 Å². The summed E-state index contributed by atoms with van der Waals surface area (Å²) in [5.74, 6) is 0.405. The highest BCUT2D eigenvalue weighted by molar-refractivity contribution is 7.09. The molecule has 0 aliphatic heterocycles. The fourth-order valence-corrected chi connectivity index (χ4v) is 2.67. The zero-order valence-corrected chi connectivity index (χ0v) is 12.0. The van der Waals surface area contributed by atoms with Crippen molar-refractivity contribution in [2.45, 2.75) is 26.8 Å². The lowest BCUT2D eigenvalue weighted by Crippen LogP contribution is -2.11. The standard InChI is InChI=1S/C11H15N5O2S/c1-6-5-19-11(12-6)8(3)13-10-9(16(17)18)7(2)14-15(10)4/h5,8,13H,1-4H3. The molecule has 0 bridgehead atoms. The second kappa shape index (κ2) is 4.96. The van der Waals surface area contributed by atoms with Gasteiger partial charge in [-0.05, 0) is 20.8 Å². The fourth-order valence-electron chi connectivity index (χ4n) is 1.87. The molecule has 0 saturated heterocycles. The molecule has 0 radical (unpaired) electrons. The number of hydrogen-bond donors (Lipinski definition) is 1. The van der Waals surface area contributed by atoms with E-state index in [1.807, 2.05) is 19.2 Å². The molecule has 0 spiro atoms. The van der Waals surface area contributed by atoms with Crippen molar-refractivity contribution >= 4 is 22.8 Å². The van der Waals surface area contributed by atoms with E-state index in [0.29, 0.717) is 11.5 Å². The van der Waals surface area contributed by atoms with Crippen LogP contribution in [-0.2, 0) is 7.05 Å². The largest absolute Gasteiger partial charge is 0.356 e. The normalized spacial score (nSPS) is 12.4. The van der Waals surface area contributed by atoms with E-state index in [0.717, 1.165) is 10.7 Å². The van der Waals surface area contributed by atoms with Gasteiger partial charge in [0.25, 0.3) is 0 Å². The molecule has 1 N–H and O–H groups in total. The van der Waals surface area contributed by atoms with E-state index in [1.54, 1.807) is 14.0 Å². The summed E-state index contributed by atoms with van der Waals surface area (Å²) < 4.78 is 1.49. The van der Waals surface area contributed by atoms with E-state index in [4.69, 9.17) is 0 Å². The fraction of sp³-hybridized carbons (Fsp3) is 0.455. The topological polar surface area (TPSA) is 85.9 Å². The van der Waals surface area contributed by atoms with Gasteiger partial charge in [-0.3, -0.25) is 10.1 Å². The van der Waals surface area contributed by atoms with Crippen LogP contribution in [0.1, 0.15) is 29.4 Å². The van der Waals surface area contributed by atoms with Crippen molar-refractivity contribution in [2.75, 3.05) is 5.32 Å². The summed E-state index contributed by atoms with van der Waals surface area (Å²) in [6, 6.07) is -0.104. The first-order valence-electron chi connectivity index (χ1n) is 5.76. The Balaban J connectivity index is 2.31. The van der Waals surface area contributed by atoms with Gasteiger partial charge in [0.05, 0.1) is 11.0 Å². The quantitative estimate of drug-likeness (QED) is 0.687. The molecule has 2 rings (SSSR count). The Morgan fingerprint density at radius 1 is 1.53 bits per heavy atom. The summed E-state index contributed by atoms with van der Waals surface area (Å²) in [5.41, 5.74) is 1.37. The zero-order valence-electron chi connectivity index (χ0n) is 11.2. The third-order valence-electron chi connectivity index (χ3n) is 2.73. The van der Waals surface area contributed by atoms with E-state index < -0.39 is 4.92 Å². The van der Waals surface area contributed by atoms with Crippen LogP contribution in [0.4, 0.5) is 11.5 Å². The Bertz CT molecular complexity index is 619. The molecular weight excluding hydrogens is 266 g/mol. The first-order valence-corrected chi connectivity index (χ1v) is 6.64. The predicted molar refractivity (Wildman–Crippen MR) is 73.5 cm³/mol. The molecule has 0 amide bonds. The average molecular weight is 281 g/mol. The van der Waals surface area contributed by atoms with Gasteiger partial charge in [-0.2, -0.15) is 5.10 Å². The number of rotatable bonds is 4. The van der Waals surface area contributed by atoms with Crippen LogP contribution in [-0.4, -0.2) is 19.7 Å². The van der Waals surface area contributed by atoms with Gasteiger partial charge >= 0.3 is 5.69 Å². The minimum absolute atomic E-state index is 0.0163. The van der Waals surface area contributed by atoms with E-state index >= 15 is 0 Å². The van der Waals surface area contributed by atoms with Gasteiger partial charge in [0, 0.05) is 18.1 Å². The Kier molecular flexibility index (Phi) is 3.52. The monoisotopic (exact) mass is 281 g/mol. The number of nitrogens with one attached hydrogen (secondary N) is 1. The summed E-state index contributed by atoms with van der Waals surface area (Å²) in [6.45, 7) is 5.47. The molecule has 8 heteroatoms. The van der Waals surface area contributed by atoms with Crippen LogP contribution >= 0.6 is 11.3 Å². The maximum absolute atomic E-state index is 11.1. The van der Waals surface area contributed by atoms with Gasteiger partial charge in [-0.15, -0.1) is 11.3 Å². The van der Waals surface area contributed by atoms with E-state index in [-0.39, 0.29) is 11.7 Å². The Hall–Kier alpha value is -1.96. The SMILES string of the molecule is Cc1csc(C(C)Nc2c([N+](=O)[O-])c(C)nn2C)n1. The van der Waals surface area contributed by atoms with Crippen LogP contribution in [0.15, 0.2) is 5.38 Å². The molecule has 0 aliphatic carbocycles. The molecule has 19 heavy (non-hydrogen) atoms. The van der Waals surface area contributed by atoms with Gasteiger partial charge in [-0.25, -0.2) is 9.67 Å². The minimum Gasteiger partial charge on any atom is -0.356 e. The number of nitro groups is 1. The van der Waals surface area contributed by atoms with Gasteiger partial charge in [0.2, 0.25) is 5.82 Å². The molecule has 2 aromatic rings. The maximum Gasteiger partial charge on any atom is 0.333 e. The molecule has 0 fully saturated rings. The lowest BCUT2D eigenvalue weighted by molar-refractivity contribution is -0.384. The molecule has 7 nitrogen and oxygen atoms in total. The molecule has 102 valence electrons. The number of nitrogens with zero attached hydrogens (tertiary/aromatic N) is 4. The first kappa shape index (κ1) is 13.5. The van der Waals surface area contributed by atoms with Crippen molar-refractivity contribution in [1.82, 2.24) is 14.8 Å². The van der Waals surface area contributed by atoms with Gasteiger partial charge < -0.3 is 5.32 Å². The molecule has 0 saturated carbocycles. The van der Waals surface area contributed by atoms with Crippen LogP contribution < -0.4 is 5.32 Å². The molecule has 1 atom stereocenters. The lowest BCUT2D eigenvalue weighted by Gasteiger charge is -2.12. The van der Waals surface area contributed by atoms with E-state index in [1.165, 1.54) is 16.0 Å². The highest BCUT2D eigenvalue weighted by Gasteiger charge is 2.25. The zero-order chi connectivity index (χ0) is 14.2. The third-order valence-corrected chi connectivity index (χ3v) is 3.88. The highest BCUT2D eigenvalue weighted by atomic mass is 32.1. The van der Waals surface area contributed by atoms with Crippen LogP contribution in [0.25, 0.3) is 0 Å². The summed E-state index contributed by atoms with van der Waals surface area (Å²) in [4.78, 5) is 15.0. The Labute approximate surface area is 114 Å². The van der Waals surface area contributed by atoms with Gasteiger partial charge in [0.1, 0.15) is 10.7 Å². The number of anilines is 1. The van der Waals surface area contributed by atoms with Crippen molar-refractivity contribution in [1.29, 1.82) is 0 Å². The Morgan fingerprint density at radius 2 is 2.21 bits per heavy atom. The van der Waals surface area contributed by atoms with Crippen molar-refractivity contribution in [3.63, 3.8) is 0 Å². The smallest absolute Gasteiger partial charge is 0.333 e. The number of thiazole rings is 1. The molecule has 1 unspecified atom stereocenters. The molecule has 2 aromatic heterocycles. The molecule has 2 heterocycles. The van der Waals surface area contributed by atoms with Crippen molar-refractivity contribution in [3.8, 4) is 0 Å². The highest BCUT2D eigenvalue weighted by Crippen LogP contribution is 2.31. The second-order valence-corrected chi connectivity index (χ2v) is 5.25. The summed E-state index contributed by atoms with van der Waals surface area (Å²) in [5, 5.41) is 21.1. The minimum atomic E-state index is -0.412. The second-order valence-electron chi connectivity index (χ2n) is 4.36. The van der Waals surface area contributed by atoms with E-state index in [2.05, 4.69) is 15.4 Å². The average Bonchev–Trinajstić information content (AvgIpc) is 2.84. The van der Waals surface area contributed by atoms with Crippen LogP contribution in [0.3, 0.4) is 0 Å². The Morgan fingerprint density at radius 3 is 2.74 bits per heavy atom. The number of hydrogen-bond acceptors (Lipinski definition) is 6. The van der Waals surface area contributed by atoms with Crippen molar-refractivity contribution < 1.29 is 4.92 Å². The molecule has 0 aromatic carbocycles. The molecular formula is C11H15N5O2S. The van der Waals surface area contributed by atoms with Gasteiger partial charge in [0.15, 0.2) is 0 Å². The summed E-state index contributed by atoms with van der Waals surface area (Å²) >= 11 is 1.53. The molecule has 0 aliphatic rings. The van der Waals surface area contributed by atoms with Crippen LogP contribution in [0.2, 0.25) is 0 Å². The number of aromatic nitrogens is 3. The summed E-state index contributed by atoms with van der Waals surface area (Å²) in [6.07, 6.45) is 0. The first-order chi connectivity index (χ1) is 8.90. The van der Waals surface area contributed by atoms with Crippen molar-refractivity contribution in [3.05, 3.63) is 31.9 Å². The maximum atomic E-state index is 11.1. The lowest BCUT2D eigenvalue weighted by atomic mass is 10.3.